The van der Waals surface area contributed by atoms with Crippen LogP contribution in [-0.2, 0) is 25.1 Å². The Morgan fingerprint density at radius 2 is 1.97 bits per heavy atom. The van der Waals surface area contributed by atoms with Crippen LogP contribution in [-0.4, -0.2) is 67.4 Å². The molecular weight excluding hydrogens is 532 g/mol. The van der Waals surface area contributed by atoms with Gasteiger partial charge in [0.25, 0.3) is 11.8 Å². The highest BCUT2D eigenvalue weighted by Gasteiger charge is 2.47. The number of carbonyl (C=O) groups is 3. The number of likely N-dealkylation sites (tertiary alicyclic amines) is 1. The van der Waals surface area contributed by atoms with Crippen LogP contribution < -0.4 is 10.6 Å². The predicted molar refractivity (Wildman–Crippen MR) is 128 cm³/mol. The number of aromatic nitrogens is 1. The highest BCUT2D eigenvalue weighted by molar-refractivity contribution is 7.90. The number of rotatable bonds is 8. The molecule has 11 nitrogen and oxygen atoms in total. The van der Waals surface area contributed by atoms with Gasteiger partial charge in [0.2, 0.25) is 5.91 Å². The largest absolute Gasteiger partial charge is 0.447 e. The molecule has 0 radical (unpaired) electrons. The van der Waals surface area contributed by atoms with E-state index in [1.54, 1.807) is 19.9 Å². The number of hydrogen-bond acceptors (Lipinski definition) is 9. The smallest absolute Gasteiger partial charge is 0.411 e. The van der Waals surface area contributed by atoms with Gasteiger partial charge in [0.15, 0.2) is 9.84 Å². The number of benzene rings is 1. The van der Waals surface area contributed by atoms with Crippen LogP contribution in [0.5, 0.6) is 0 Å². The molecule has 1 aromatic carbocycles. The van der Waals surface area contributed by atoms with Crippen molar-refractivity contribution in [2.75, 3.05) is 18.4 Å². The van der Waals surface area contributed by atoms with Crippen molar-refractivity contribution in [3.05, 3.63) is 40.3 Å². The number of amides is 3. The molecule has 1 fully saturated rings. The maximum Gasteiger partial charge on any atom is 0.411 e. The molecule has 0 aliphatic carbocycles. The Labute approximate surface area is 215 Å². The van der Waals surface area contributed by atoms with E-state index in [0.717, 1.165) is 11.3 Å². The lowest BCUT2D eigenvalue weighted by atomic mass is 10.2. The van der Waals surface area contributed by atoms with Crippen molar-refractivity contribution < 1.29 is 36.3 Å². The lowest BCUT2D eigenvalue weighted by molar-refractivity contribution is -0.131. The van der Waals surface area contributed by atoms with Gasteiger partial charge in [-0.25, -0.2) is 27.0 Å². The molecule has 37 heavy (non-hydrogen) atoms. The summed E-state index contributed by atoms with van der Waals surface area (Å²) < 4.78 is 57.5. The van der Waals surface area contributed by atoms with E-state index in [0.29, 0.717) is 10.6 Å². The Balaban J connectivity index is 1.57. The zero-order valence-corrected chi connectivity index (χ0v) is 21.4. The first-order chi connectivity index (χ1) is 17.3. The summed E-state index contributed by atoms with van der Waals surface area (Å²) >= 11 is 0.918. The maximum absolute atomic E-state index is 13.5. The van der Waals surface area contributed by atoms with E-state index < -0.39 is 65.0 Å². The van der Waals surface area contributed by atoms with Gasteiger partial charge in [-0.3, -0.25) is 14.9 Å². The summed E-state index contributed by atoms with van der Waals surface area (Å²) in [5.41, 5.74) is 0.195. The van der Waals surface area contributed by atoms with Gasteiger partial charge < -0.3 is 15.0 Å². The minimum atomic E-state index is -3.84. The van der Waals surface area contributed by atoms with Gasteiger partial charge in [0.1, 0.15) is 22.5 Å². The molecular formula is C22H23F2N5O6S2. The van der Waals surface area contributed by atoms with Crippen molar-refractivity contribution in [2.45, 2.75) is 49.0 Å². The lowest BCUT2D eigenvalue weighted by Crippen LogP contribution is -2.43. The highest BCUT2D eigenvalue weighted by atomic mass is 32.2. The number of nitrogens with one attached hydrogen (secondary N) is 2. The summed E-state index contributed by atoms with van der Waals surface area (Å²) in [6, 6.07) is 5.79. The molecule has 198 valence electrons. The first kappa shape index (κ1) is 27.9. The first-order valence-electron chi connectivity index (χ1n) is 10.9. The van der Waals surface area contributed by atoms with Crippen LogP contribution in [0.15, 0.2) is 34.5 Å². The number of hydrogen-bond donors (Lipinski definition) is 2. The fourth-order valence-corrected chi connectivity index (χ4v) is 5.78. The molecule has 2 N–H and O–H groups in total. The van der Waals surface area contributed by atoms with E-state index in [1.807, 2.05) is 0 Å². The van der Waals surface area contributed by atoms with Crippen LogP contribution in [0.3, 0.4) is 0 Å². The van der Waals surface area contributed by atoms with Crippen molar-refractivity contribution in [1.82, 2.24) is 15.2 Å². The van der Waals surface area contributed by atoms with Gasteiger partial charge in [-0.1, -0.05) is 0 Å². The van der Waals surface area contributed by atoms with Gasteiger partial charge in [-0.15, -0.1) is 11.3 Å². The number of alkyl halides is 2. The van der Waals surface area contributed by atoms with Gasteiger partial charge >= 0.3 is 6.09 Å². The molecule has 0 saturated carbocycles. The van der Waals surface area contributed by atoms with Crippen LogP contribution in [0.2, 0.25) is 0 Å². The van der Waals surface area contributed by atoms with Crippen molar-refractivity contribution in [3.8, 4) is 6.07 Å². The third-order valence-corrected chi connectivity index (χ3v) is 7.72. The summed E-state index contributed by atoms with van der Waals surface area (Å²) in [5.74, 6) is -5.31. The molecule has 3 amide bonds. The summed E-state index contributed by atoms with van der Waals surface area (Å²) in [7, 11) is -3.84. The molecule has 0 bridgehead atoms. The van der Waals surface area contributed by atoms with Gasteiger partial charge in [-0.2, -0.15) is 5.26 Å². The summed E-state index contributed by atoms with van der Waals surface area (Å²) in [6.45, 7) is 1.85. The number of halogens is 2. The number of sulfone groups is 1. The van der Waals surface area contributed by atoms with E-state index in [4.69, 9.17) is 10.00 Å². The Hall–Kier alpha value is -3.64. The average molecular weight is 556 g/mol. The van der Waals surface area contributed by atoms with E-state index in [-0.39, 0.29) is 21.7 Å². The van der Waals surface area contributed by atoms with E-state index in [9.17, 15) is 31.6 Å². The molecule has 15 heteroatoms. The molecule has 2 aromatic rings. The number of thiazole rings is 1. The molecule has 1 saturated heterocycles. The minimum Gasteiger partial charge on any atom is -0.447 e. The molecule has 2 heterocycles. The number of ether oxygens (including phenoxy) is 1. The Morgan fingerprint density at radius 3 is 2.59 bits per heavy atom. The summed E-state index contributed by atoms with van der Waals surface area (Å²) in [5, 5.41) is 15.1. The maximum atomic E-state index is 13.5. The molecule has 0 unspecified atom stereocenters. The predicted octanol–water partition coefficient (Wildman–Crippen LogP) is 2.56. The van der Waals surface area contributed by atoms with E-state index in [1.165, 1.54) is 29.6 Å². The van der Waals surface area contributed by atoms with Crippen molar-refractivity contribution in [2.24, 2.45) is 0 Å². The molecule has 0 spiro atoms. The second-order valence-electron chi connectivity index (χ2n) is 8.40. The summed E-state index contributed by atoms with van der Waals surface area (Å²) in [6.07, 6.45) is -1.76. The van der Waals surface area contributed by atoms with E-state index >= 15 is 0 Å². The third kappa shape index (κ3) is 7.43. The number of nitriles is 1. The minimum absolute atomic E-state index is 0.0310. The fraction of sp³-hybridized carbons (Fsp3) is 0.409. The quantitative estimate of drug-likeness (QED) is 0.503. The fourth-order valence-electron chi connectivity index (χ4n) is 3.38. The van der Waals surface area contributed by atoms with Gasteiger partial charge in [0, 0.05) is 17.5 Å². The lowest BCUT2D eigenvalue weighted by Gasteiger charge is -2.19. The number of nitrogens with zero attached hydrogens (tertiary/aromatic N) is 3. The number of anilines is 1. The zero-order valence-electron chi connectivity index (χ0n) is 19.7. The average Bonchev–Trinajstić information content (AvgIpc) is 3.40. The van der Waals surface area contributed by atoms with Crippen LogP contribution in [0, 0.1) is 11.3 Å². The van der Waals surface area contributed by atoms with Crippen LogP contribution >= 0.6 is 11.3 Å². The number of carbonyl (C=O) groups excluding carboxylic acids is 3. The molecule has 1 aromatic heterocycles. The standard InChI is InChI=1S/C22H23F2N5O6S2/c1-13(2)35-21(32)27-14-3-5-16(6-4-14)37(33,34)11-18-28-17(10-36-18)20(31)26-9-19(30)29-12-22(23,24)7-15(29)8-25/h3-6,10,13,15H,7,9,11-12H2,1-2H3,(H,26,31)(H,27,32)/t15-/m0/s1. The monoisotopic (exact) mass is 555 g/mol. The third-order valence-electron chi connectivity index (χ3n) is 5.04. The Morgan fingerprint density at radius 1 is 1.30 bits per heavy atom. The topological polar surface area (TPSA) is 159 Å². The second-order valence-corrected chi connectivity index (χ2v) is 11.3. The van der Waals surface area contributed by atoms with Crippen LogP contribution in [0.1, 0.15) is 35.8 Å². The van der Waals surface area contributed by atoms with Crippen molar-refractivity contribution in [3.63, 3.8) is 0 Å². The van der Waals surface area contributed by atoms with E-state index in [2.05, 4.69) is 15.6 Å². The Bertz CT molecular complexity index is 1320. The Kier molecular flexibility index (Phi) is 8.44. The highest BCUT2D eigenvalue weighted by Crippen LogP contribution is 2.31. The normalized spacial score (nSPS) is 16.8. The molecule has 3 rings (SSSR count). The SMILES string of the molecule is CC(C)OC(=O)Nc1ccc(S(=O)(=O)Cc2nc(C(=O)NCC(=O)N3CC(F)(F)C[C@H]3C#N)cs2)cc1. The first-order valence-corrected chi connectivity index (χ1v) is 13.4. The summed E-state index contributed by atoms with van der Waals surface area (Å²) in [4.78, 5) is 40.9. The van der Waals surface area contributed by atoms with Crippen molar-refractivity contribution >= 4 is 44.8 Å². The van der Waals surface area contributed by atoms with Gasteiger partial charge in [0.05, 0.1) is 30.2 Å². The van der Waals surface area contributed by atoms with Crippen molar-refractivity contribution in [1.29, 1.82) is 5.26 Å². The van der Waals surface area contributed by atoms with Gasteiger partial charge in [-0.05, 0) is 38.1 Å². The molecule has 1 aliphatic heterocycles. The van der Waals surface area contributed by atoms with Crippen LogP contribution in [0.4, 0.5) is 19.3 Å². The molecule has 1 atom stereocenters. The molecule has 1 aliphatic rings. The second kappa shape index (κ2) is 11.2. The zero-order chi connectivity index (χ0) is 27.4. The van der Waals surface area contributed by atoms with Crippen LogP contribution in [0.25, 0.3) is 0 Å².